The predicted molar refractivity (Wildman–Crippen MR) is 97.9 cm³/mol. The lowest BCUT2D eigenvalue weighted by atomic mass is 10.1. The standard InChI is InChI=1S/C20H28Si/c1-3-5-11-17-13-7-9-15-19(17)21-20-16-10-8-14-18(20)12-6-4-2/h7-10,13-16H,3-6,11-12,21H2,1-2H3. The molecule has 0 amide bonds. The van der Waals surface area contributed by atoms with Gasteiger partial charge in [-0.25, -0.2) is 0 Å². The molecule has 0 bridgehead atoms. The van der Waals surface area contributed by atoms with Crippen LogP contribution in [0.25, 0.3) is 0 Å². The monoisotopic (exact) mass is 296 g/mol. The number of hydrogen-bond acceptors (Lipinski definition) is 0. The lowest BCUT2D eigenvalue weighted by Crippen LogP contribution is -2.32. The van der Waals surface area contributed by atoms with Gasteiger partial charge in [0.05, 0.1) is 9.52 Å². The van der Waals surface area contributed by atoms with Gasteiger partial charge in [0.2, 0.25) is 0 Å². The van der Waals surface area contributed by atoms with Crippen molar-refractivity contribution in [2.75, 3.05) is 0 Å². The van der Waals surface area contributed by atoms with E-state index in [1.165, 1.54) is 38.5 Å². The second-order valence-corrected chi connectivity index (χ2v) is 7.80. The fraction of sp³-hybridized carbons (Fsp3) is 0.400. The van der Waals surface area contributed by atoms with Gasteiger partial charge in [0, 0.05) is 0 Å². The summed E-state index contributed by atoms with van der Waals surface area (Å²) in [5, 5.41) is 3.30. The Labute approximate surface area is 132 Å². The van der Waals surface area contributed by atoms with Crippen LogP contribution in [0.15, 0.2) is 48.5 Å². The number of unbranched alkanes of at least 4 members (excludes halogenated alkanes) is 2. The molecule has 0 fully saturated rings. The molecule has 0 unspecified atom stereocenters. The summed E-state index contributed by atoms with van der Waals surface area (Å²) in [7, 11) is -0.348. The summed E-state index contributed by atoms with van der Waals surface area (Å²) < 4.78 is 0. The summed E-state index contributed by atoms with van der Waals surface area (Å²) in [5.74, 6) is 0. The van der Waals surface area contributed by atoms with E-state index in [1.54, 1.807) is 21.5 Å². The van der Waals surface area contributed by atoms with Gasteiger partial charge in [-0.1, -0.05) is 85.6 Å². The van der Waals surface area contributed by atoms with Gasteiger partial charge in [-0.3, -0.25) is 0 Å². The van der Waals surface area contributed by atoms with Crippen LogP contribution in [-0.2, 0) is 12.8 Å². The highest BCUT2D eigenvalue weighted by atomic mass is 28.2. The van der Waals surface area contributed by atoms with Crippen molar-refractivity contribution < 1.29 is 0 Å². The highest BCUT2D eigenvalue weighted by molar-refractivity contribution is 6.68. The maximum atomic E-state index is 2.37. The van der Waals surface area contributed by atoms with Gasteiger partial charge in [0.25, 0.3) is 0 Å². The van der Waals surface area contributed by atoms with Crippen molar-refractivity contribution in [3.8, 4) is 0 Å². The average Bonchev–Trinajstić information content (AvgIpc) is 2.53. The van der Waals surface area contributed by atoms with Crippen LogP contribution >= 0.6 is 0 Å². The van der Waals surface area contributed by atoms with Gasteiger partial charge < -0.3 is 0 Å². The first-order valence-corrected chi connectivity index (χ1v) is 9.90. The van der Waals surface area contributed by atoms with Crippen molar-refractivity contribution in [1.29, 1.82) is 0 Å². The fourth-order valence-corrected chi connectivity index (χ4v) is 4.85. The normalized spacial score (nSPS) is 10.8. The first-order valence-electron chi connectivity index (χ1n) is 8.48. The SMILES string of the molecule is CCCCc1ccccc1[SiH2]c1ccccc1CCCC. The minimum atomic E-state index is -0.348. The van der Waals surface area contributed by atoms with Gasteiger partial charge in [0.1, 0.15) is 0 Å². The van der Waals surface area contributed by atoms with E-state index < -0.39 is 0 Å². The van der Waals surface area contributed by atoms with E-state index in [0.29, 0.717) is 0 Å². The van der Waals surface area contributed by atoms with Crippen LogP contribution in [0.5, 0.6) is 0 Å². The summed E-state index contributed by atoms with van der Waals surface area (Å²) in [4.78, 5) is 0. The number of benzene rings is 2. The summed E-state index contributed by atoms with van der Waals surface area (Å²) in [6.45, 7) is 4.56. The highest BCUT2D eigenvalue weighted by Gasteiger charge is 2.07. The molecule has 0 nitrogen and oxygen atoms in total. The Balaban J connectivity index is 2.18. The number of hydrogen-bond donors (Lipinski definition) is 0. The van der Waals surface area contributed by atoms with Crippen molar-refractivity contribution in [3.05, 3.63) is 59.7 Å². The van der Waals surface area contributed by atoms with Crippen LogP contribution in [0, 0.1) is 0 Å². The van der Waals surface area contributed by atoms with Crippen molar-refractivity contribution in [2.45, 2.75) is 52.4 Å². The predicted octanol–water partition coefficient (Wildman–Crippen LogP) is 3.49. The second kappa shape index (κ2) is 8.84. The van der Waals surface area contributed by atoms with E-state index in [0.717, 1.165) is 0 Å². The third-order valence-electron chi connectivity index (χ3n) is 4.22. The Morgan fingerprint density at radius 1 is 0.667 bits per heavy atom. The molecule has 0 radical (unpaired) electrons. The molecule has 112 valence electrons. The molecule has 2 aromatic rings. The molecule has 0 saturated carbocycles. The Hall–Kier alpha value is -1.34. The highest BCUT2D eigenvalue weighted by Crippen LogP contribution is 2.05. The van der Waals surface area contributed by atoms with Crippen LogP contribution in [0.3, 0.4) is 0 Å². The lowest BCUT2D eigenvalue weighted by molar-refractivity contribution is 0.797. The van der Waals surface area contributed by atoms with E-state index in [4.69, 9.17) is 0 Å². The van der Waals surface area contributed by atoms with E-state index >= 15 is 0 Å². The summed E-state index contributed by atoms with van der Waals surface area (Å²) in [6, 6.07) is 18.2. The smallest absolute Gasteiger partial charge is 0.0654 e. The molecule has 0 aromatic heterocycles. The van der Waals surface area contributed by atoms with Crippen LogP contribution < -0.4 is 10.4 Å². The van der Waals surface area contributed by atoms with Gasteiger partial charge in [-0.05, 0) is 36.8 Å². The molecule has 2 aromatic carbocycles. The Bertz CT molecular complexity index is 496. The van der Waals surface area contributed by atoms with Gasteiger partial charge in [-0.2, -0.15) is 0 Å². The van der Waals surface area contributed by atoms with Gasteiger partial charge in [-0.15, -0.1) is 0 Å². The van der Waals surface area contributed by atoms with Gasteiger partial charge >= 0.3 is 0 Å². The number of rotatable bonds is 8. The van der Waals surface area contributed by atoms with Crippen LogP contribution in [0.2, 0.25) is 0 Å². The molecular formula is C20H28Si. The molecule has 0 heterocycles. The largest absolute Gasteiger partial charge is 0.0882 e. The first-order chi connectivity index (χ1) is 10.3. The third kappa shape index (κ3) is 4.85. The molecule has 0 aliphatic heterocycles. The zero-order valence-corrected chi connectivity index (χ0v) is 15.0. The first kappa shape index (κ1) is 16.0. The average molecular weight is 297 g/mol. The van der Waals surface area contributed by atoms with Gasteiger partial charge in [0.15, 0.2) is 0 Å². The van der Waals surface area contributed by atoms with Crippen molar-refractivity contribution in [1.82, 2.24) is 0 Å². The molecule has 0 aliphatic carbocycles. The maximum Gasteiger partial charge on any atom is 0.0882 e. The van der Waals surface area contributed by atoms with Crippen LogP contribution in [0.4, 0.5) is 0 Å². The van der Waals surface area contributed by atoms with E-state index in [1.807, 2.05) is 0 Å². The molecular weight excluding hydrogens is 268 g/mol. The molecule has 0 N–H and O–H groups in total. The lowest BCUT2D eigenvalue weighted by Gasteiger charge is -2.12. The minimum Gasteiger partial charge on any atom is -0.0654 e. The minimum absolute atomic E-state index is 0.348. The quantitative estimate of drug-likeness (QED) is 0.654. The molecule has 2 rings (SSSR count). The Morgan fingerprint density at radius 2 is 1.10 bits per heavy atom. The Kier molecular flexibility index (Phi) is 6.75. The molecule has 1 heteroatoms. The van der Waals surface area contributed by atoms with E-state index in [9.17, 15) is 0 Å². The van der Waals surface area contributed by atoms with Crippen molar-refractivity contribution >= 4 is 19.9 Å². The van der Waals surface area contributed by atoms with Crippen LogP contribution in [-0.4, -0.2) is 9.52 Å². The molecule has 21 heavy (non-hydrogen) atoms. The topological polar surface area (TPSA) is 0 Å². The Morgan fingerprint density at radius 3 is 1.52 bits per heavy atom. The number of aryl methyl sites for hydroxylation is 2. The fourth-order valence-electron chi connectivity index (χ4n) is 2.89. The summed E-state index contributed by atoms with van der Waals surface area (Å²) in [5.41, 5.74) is 3.19. The third-order valence-corrected chi connectivity index (χ3v) is 6.36. The van der Waals surface area contributed by atoms with Crippen molar-refractivity contribution in [2.24, 2.45) is 0 Å². The van der Waals surface area contributed by atoms with E-state index in [2.05, 4.69) is 62.4 Å². The molecule has 0 aliphatic rings. The van der Waals surface area contributed by atoms with Crippen LogP contribution in [0.1, 0.15) is 50.7 Å². The summed E-state index contributed by atoms with van der Waals surface area (Å²) >= 11 is 0. The molecule has 0 saturated heterocycles. The zero-order chi connectivity index (χ0) is 14.9. The van der Waals surface area contributed by atoms with Crippen molar-refractivity contribution in [3.63, 3.8) is 0 Å². The van der Waals surface area contributed by atoms with E-state index in [-0.39, 0.29) is 9.52 Å². The second-order valence-electron chi connectivity index (χ2n) is 5.92. The molecule has 0 atom stereocenters. The summed E-state index contributed by atoms with van der Waals surface area (Å²) in [6.07, 6.45) is 7.67. The molecule has 0 spiro atoms. The zero-order valence-electron chi connectivity index (χ0n) is 13.6. The maximum absolute atomic E-state index is 2.37.